The minimum atomic E-state index is -0.264. The molecule has 0 aliphatic heterocycles. The van der Waals surface area contributed by atoms with Gasteiger partial charge in [-0.25, -0.2) is 4.79 Å². The van der Waals surface area contributed by atoms with Crippen molar-refractivity contribution in [3.8, 4) is 0 Å². The van der Waals surface area contributed by atoms with Crippen LogP contribution in [0.1, 0.15) is 11.3 Å². The van der Waals surface area contributed by atoms with Gasteiger partial charge in [0.15, 0.2) is 5.82 Å². The molecule has 0 unspecified atom stereocenters. The van der Waals surface area contributed by atoms with Crippen LogP contribution in [0.5, 0.6) is 0 Å². The second-order valence-electron chi connectivity index (χ2n) is 4.02. The first-order chi connectivity index (χ1) is 8.69. The van der Waals surface area contributed by atoms with Gasteiger partial charge in [-0.15, -0.1) is 0 Å². The van der Waals surface area contributed by atoms with Crippen LogP contribution >= 0.6 is 0 Å². The molecule has 0 saturated heterocycles. The number of hydrogen-bond acceptors (Lipinski definition) is 2. The lowest BCUT2D eigenvalue weighted by Gasteiger charge is -2.04. The smallest absolute Gasteiger partial charge is 0.320 e. The number of amides is 2. The van der Waals surface area contributed by atoms with Crippen LogP contribution in [0.25, 0.3) is 0 Å². The van der Waals surface area contributed by atoms with Gasteiger partial charge >= 0.3 is 6.03 Å². The van der Waals surface area contributed by atoms with E-state index in [1.807, 2.05) is 48.0 Å². The molecule has 94 valence electrons. The summed E-state index contributed by atoms with van der Waals surface area (Å²) in [5.74, 6) is 0.558. The summed E-state index contributed by atoms with van der Waals surface area (Å²) in [6.45, 7) is 2.66. The SMILES string of the molecule is CNC(=O)Nc1cc(C)n(Cc2ccccc2)n1. The average molecular weight is 244 g/mol. The van der Waals surface area contributed by atoms with Gasteiger partial charge in [-0.2, -0.15) is 5.10 Å². The number of hydrogen-bond donors (Lipinski definition) is 2. The molecule has 2 amide bonds. The number of carbonyl (C=O) groups excluding carboxylic acids is 1. The van der Waals surface area contributed by atoms with Crippen molar-refractivity contribution in [3.05, 3.63) is 47.7 Å². The number of rotatable bonds is 3. The Hall–Kier alpha value is -2.30. The first-order valence-electron chi connectivity index (χ1n) is 5.76. The third-order valence-electron chi connectivity index (χ3n) is 2.63. The predicted molar refractivity (Wildman–Crippen MR) is 70.6 cm³/mol. The van der Waals surface area contributed by atoms with Crippen molar-refractivity contribution in [2.45, 2.75) is 13.5 Å². The molecule has 0 aliphatic carbocycles. The van der Waals surface area contributed by atoms with Crippen LogP contribution < -0.4 is 10.6 Å². The fourth-order valence-corrected chi connectivity index (χ4v) is 1.67. The van der Waals surface area contributed by atoms with E-state index < -0.39 is 0 Å². The number of aromatic nitrogens is 2. The van der Waals surface area contributed by atoms with Crippen molar-refractivity contribution >= 4 is 11.8 Å². The number of aryl methyl sites for hydroxylation is 1. The van der Waals surface area contributed by atoms with E-state index in [1.165, 1.54) is 5.56 Å². The summed E-state index contributed by atoms with van der Waals surface area (Å²) < 4.78 is 1.86. The van der Waals surface area contributed by atoms with Crippen LogP contribution in [0.4, 0.5) is 10.6 Å². The van der Waals surface area contributed by atoms with Crippen molar-refractivity contribution in [1.29, 1.82) is 0 Å². The van der Waals surface area contributed by atoms with Gasteiger partial charge in [-0.1, -0.05) is 30.3 Å². The lowest BCUT2D eigenvalue weighted by Crippen LogP contribution is -2.24. The van der Waals surface area contributed by atoms with Crippen LogP contribution in [0.15, 0.2) is 36.4 Å². The first-order valence-corrected chi connectivity index (χ1v) is 5.76. The van der Waals surface area contributed by atoms with E-state index in [-0.39, 0.29) is 6.03 Å². The summed E-state index contributed by atoms with van der Waals surface area (Å²) in [7, 11) is 1.57. The highest BCUT2D eigenvalue weighted by Gasteiger charge is 2.06. The summed E-state index contributed by atoms with van der Waals surface area (Å²) >= 11 is 0. The first kappa shape index (κ1) is 12.2. The summed E-state index contributed by atoms with van der Waals surface area (Å²) in [4.78, 5) is 11.2. The van der Waals surface area contributed by atoms with Crippen molar-refractivity contribution in [2.24, 2.45) is 0 Å². The van der Waals surface area contributed by atoms with Crippen molar-refractivity contribution < 1.29 is 4.79 Å². The van der Waals surface area contributed by atoms with Crippen LogP contribution in [-0.4, -0.2) is 22.9 Å². The van der Waals surface area contributed by atoms with Crippen LogP contribution in [0.3, 0.4) is 0 Å². The third kappa shape index (κ3) is 2.88. The highest BCUT2D eigenvalue weighted by atomic mass is 16.2. The van der Waals surface area contributed by atoms with Gasteiger partial charge in [0.05, 0.1) is 6.54 Å². The van der Waals surface area contributed by atoms with Crippen molar-refractivity contribution in [3.63, 3.8) is 0 Å². The molecule has 0 spiro atoms. The Bertz CT molecular complexity index is 533. The van der Waals surface area contributed by atoms with E-state index in [9.17, 15) is 4.79 Å². The molecule has 1 aromatic carbocycles. The van der Waals surface area contributed by atoms with Crippen LogP contribution in [0, 0.1) is 6.92 Å². The Morgan fingerprint density at radius 1 is 1.33 bits per heavy atom. The minimum Gasteiger partial charge on any atom is -0.341 e. The van der Waals surface area contributed by atoms with E-state index in [2.05, 4.69) is 15.7 Å². The molecule has 2 aromatic rings. The average Bonchev–Trinajstić information content (AvgIpc) is 2.71. The van der Waals surface area contributed by atoms with Gasteiger partial charge in [0.1, 0.15) is 0 Å². The molecule has 0 fully saturated rings. The van der Waals surface area contributed by atoms with E-state index in [0.29, 0.717) is 12.4 Å². The highest BCUT2D eigenvalue weighted by molar-refractivity contribution is 5.87. The Morgan fingerprint density at radius 2 is 2.06 bits per heavy atom. The van der Waals surface area contributed by atoms with Crippen molar-refractivity contribution in [2.75, 3.05) is 12.4 Å². The largest absolute Gasteiger partial charge is 0.341 e. The number of nitrogens with zero attached hydrogens (tertiary/aromatic N) is 2. The molecular formula is C13H16N4O. The Kier molecular flexibility index (Phi) is 3.62. The zero-order valence-electron chi connectivity index (χ0n) is 10.5. The van der Waals surface area contributed by atoms with Gasteiger partial charge in [0.25, 0.3) is 0 Å². The normalized spacial score (nSPS) is 10.1. The molecule has 2 N–H and O–H groups in total. The summed E-state index contributed by atoms with van der Waals surface area (Å²) in [6, 6.07) is 11.7. The number of anilines is 1. The van der Waals surface area contributed by atoms with Crippen LogP contribution in [-0.2, 0) is 6.54 Å². The maximum absolute atomic E-state index is 11.2. The van der Waals surface area contributed by atoms with E-state index in [1.54, 1.807) is 7.05 Å². The van der Waals surface area contributed by atoms with Gasteiger partial charge < -0.3 is 5.32 Å². The highest BCUT2D eigenvalue weighted by Crippen LogP contribution is 2.11. The maximum Gasteiger partial charge on any atom is 0.320 e. The summed E-state index contributed by atoms with van der Waals surface area (Å²) in [5, 5.41) is 9.49. The van der Waals surface area contributed by atoms with Crippen molar-refractivity contribution in [1.82, 2.24) is 15.1 Å². The second-order valence-corrected chi connectivity index (χ2v) is 4.02. The predicted octanol–water partition coefficient (Wildman–Crippen LogP) is 1.99. The Labute approximate surface area is 106 Å². The number of carbonyl (C=O) groups is 1. The molecule has 0 atom stereocenters. The zero-order chi connectivity index (χ0) is 13.0. The maximum atomic E-state index is 11.2. The van der Waals surface area contributed by atoms with E-state index >= 15 is 0 Å². The van der Waals surface area contributed by atoms with Gasteiger partial charge in [-0.3, -0.25) is 10.00 Å². The molecular weight excluding hydrogens is 228 g/mol. The lowest BCUT2D eigenvalue weighted by molar-refractivity contribution is 0.254. The molecule has 0 saturated carbocycles. The van der Waals surface area contributed by atoms with Gasteiger partial charge in [0.2, 0.25) is 0 Å². The topological polar surface area (TPSA) is 59.0 Å². The standard InChI is InChI=1S/C13H16N4O/c1-10-8-12(15-13(18)14-2)16-17(10)9-11-6-4-3-5-7-11/h3-8H,9H2,1-2H3,(H2,14,15,16,18). The molecule has 1 heterocycles. The second kappa shape index (κ2) is 5.35. The monoisotopic (exact) mass is 244 g/mol. The quantitative estimate of drug-likeness (QED) is 0.867. The Balaban J connectivity index is 2.12. The Morgan fingerprint density at radius 3 is 2.72 bits per heavy atom. The zero-order valence-corrected chi connectivity index (χ0v) is 10.5. The molecule has 5 heteroatoms. The third-order valence-corrected chi connectivity index (χ3v) is 2.63. The van der Waals surface area contributed by atoms with Gasteiger partial charge in [-0.05, 0) is 12.5 Å². The molecule has 0 bridgehead atoms. The number of nitrogens with one attached hydrogen (secondary N) is 2. The molecule has 18 heavy (non-hydrogen) atoms. The molecule has 0 radical (unpaired) electrons. The fourth-order valence-electron chi connectivity index (χ4n) is 1.67. The van der Waals surface area contributed by atoms with E-state index in [4.69, 9.17) is 0 Å². The lowest BCUT2D eigenvalue weighted by atomic mass is 10.2. The summed E-state index contributed by atoms with van der Waals surface area (Å²) in [5.41, 5.74) is 2.18. The minimum absolute atomic E-state index is 0.264. The summed E-state index contributed by atoms with van der Waals surface area (Å²) in [6.07, 6.45) is 0. The fraction of sp³-hybridized carbons (Fsp3) is 0.231. The molecule has 2 rings (SSSR count). The molecule has 5 nitrogen and oxygen atoms in total. The molecule has 1 aromatic heterocycles. The van der Waals surface area contributed by atoms with Crippen LogP contribution in [0.2, 0.25) is 0 Å². The number of urea groups is 1. The van der Waals surface area contributed by atoms with Gasteiger partial charge in [0, 0.05) is 18.8 Å². The number of benzene rings is 1. The van der Waals surface area contributed by atoms with E-state index in [0.717, 1.165) is 5.69 Å². The molecule has 0 aliphatic rings.